The standard InChI is InChI=1S/C22H19FN4O3.CH2O2/c1-26-11-9-24-19(26)18-22(14-4-2-3-5-16(14)25-21(22)30)8-10-27(18)20(29)13-6-7-15(23)17(28)12-13;2-1-3/h2-7,9,11-12,18,28H,8,10H2,1H3,(H,25,30);1H,(H,2,3). The Bertz CT molecular complexity index is 1240. The lowest BCUT2D eigenvalue weighted by molar-refractivity contribution is -0.123. The summed E-state index contributed by atoms with van der Waals surface area (Å²) in [4.78, 5) is 41.1. The van der Waals surface area contributed by atoms with Crippen molar-refractivity contribution in [1.82, 2.24) is 14.5 Å². The van der Waals surface area contributed by atoms with Crippen LogP contribution in [0, 0.1) is 5.82 Å². The monoisotopic (exact) mass is 452 g/mol. The van der Waals surface area contributed by atoms with E-state index in [0.29, 0.717) is 18.8 Å². The first-order valence-electron chi connectivity index (χ1n) is 10.1. The highest BCUT2D eigenvalue weighted by atomic mass is 19.1. The van der Waals surface area contributed by atoms with E-state index in [2.05, 4.69) is 10.3 Å². The number of likely N-dealkylation sites (tertiary alicyclic amines) is 1. The average Bonchev–Trinajstić information content (AvgIpc) is 3.47. The van der Waals surface area contributed by atoms with Crippen molar-refractivity contribution in [2.45, 2.75) is 17.9 Å². The number of rotatable bonds is 2. The molecule has 0 saturated carbocycles. The first-order valence-corrected chi connectivity index (χ1v) is 10.1. The molecule has 1 aromatic heterocycles. The minimum atomic E-state index is -0.979. The normalized spacial score (nSPS) is 20.7. The highest BCUT2D eigenvalue weighted by Gasteiger charge is 2.60. The van der Waals surface area contributed by atoms with Gasteiger partial charge < -0.3 is 25.0 Å². The molecule has 2 amide bonds. The van der Waals surface area contributed by atoms with Crippen molar-refractivity contribution < 1.29 is 29.0 Å². The van der Waals surface area contributed by atoms with Gasteiger partial charge in [0.2, 0.25) is 5.91 Å². The molecule has 5 rings (SSSR count). The molecule has 170 valence electrons. The number of imidazole rings is 1. The summed E-state index contributed by atoms with van der Waals surface area (Å²) in [5.41, 5.74) is 0.737. The lowest BCUT2D eigenvalue weighted by Crippen LogP contribution is -2.43. The molecule has 1 spiro atoms. The van der Waals surface area contributed by atoms with Crippen LogP contribution in [0.15, 0.2) is 54.9 Å². The van der Waals surface area contributed by atoms with Crippen molar-refractivity contribution in [2.24, 2.45) is 7.05 Å². The van der Waals surface area contributed by atoms with Crippen LogP contribution in [0.2, 0.25) is 0 Å². The number of aromatic nitrogens is 2. The number of carboxylic acid groups (broad SMARTS) is 1. The lowest BCUT2D eigenvalue weighted by Gasteiger charge is -2.33. The first kappa shape index (κ1) is 22.0. The number of anilines is 1. The molecule has 2 aliphatic rings. The van der Waals surface area contributed by atoms with Crippen LogP contribution in [0.3, 0.4) is 0 Å². The van der Waals surface area contributed by atoms with Gasteiger partial charge in [-0.25, -0.2) is 9.37 Å². The smallest absolute Gasteiger partial charge is 0.290 e. The van der Waals surface area contributed by atoms with Crippen LogP contribution in [0.5, 0.6) is 5.75 Å². The van der Waals surface area contributed by atoms with Crippen LogP contribution in [0.1, 0.15) is 34.2 Å². The zero-order valence-corrected chi connectivity index (χ0v) is 17.6. The van der Waals surface area contributed by atoms with E-state index in [9.17, 15) is 19.1 Å². The van der Waals surface area contributed by atoms with Crippen LogP contribution in [-0.4, -0.2) is 49.5 Å². The minimum absolute atomic E-state index is 0.150. The third kappa shape index (κ3) is 3.39. The molecule has 3 heterocycles. The highest BCUT2D eigenvalue weighted by molar-refractivity contribution is 6.08. The Morgan fingerprint density at radius 2 is 2.03 bits per heavy atom. The number of amides is 2. The van der Waals surface area contributed by atoms with Gasteiger partial charge in [-0.2, -0.15) is 0 Å². The molecule has 1 fully saturated rings. The second-order valence-electron chi connectivity index (χ2n) is 7.79. The van der Waals surface area contributed by atoms with E-state index in [-0.39, 0.29) is 17.9 Å². The van der Waals surface area contributed by atoms with Crippen molar-refractivity contribution in [2.75, 3.05) is 11.9 Å². The van der Waals surface area contributed by atoms with E-state index in [1.165, 1.54) is 6.07 Å². The fourth-order valence-electron chi connectivity index (χ4n) is 4.72. The van der Waals surface area contributed by atoms with Gasteiger partial charge in [-0.15, -0.1) is 0 Å². The number of hydrogen-bond donors (Lipinski definition) is 3. The van der Waals surface area contributed by atoms with Crippen LogP contribution < -0.4 is 5.32 Å². The number of para-hydroxylation sites is 1. The van der Waals surface area contributed by atoms with E-state index in [1.807, 2.05) is 31.3 Å². The zero-order valence-electron chi connectivity index (χ0n) is 17.6. The summed E-state index contributed by atoms with van der Waals surface area (Å²) >= 11 is 0. The molecule has 2 atom stereocenters. The van der Waals surface area contributed by atoms with E-state index in [1.54, 1.807) is 21.9 Å². The van der Waals surface area contributed by atoms with Crippen molar-refractivity contribution in [3.05, 3.63) is 77.6 Å². The molecule has 3 aromatic rings. The average molecular weight is 452 g/mol. The number of carbonyl (C=O) groups is 3. The number of aryl methyl sites for hydroxylation is 1. The predicted molar refractivity (Wildman–Crippen MR) is 115 cm³/mol. The predicted octanol–water partition coefficient (Wildman–Crippen LogP) is 2.44. The fraction of sp³-hybridized carbons (Fsp3) is 0.217. The molecule has 0 bridgehead atoms. The van der Waals surface area contributed by atoms with Gasteiger partial charge >= 0.3 is 0 Å². The van der Waals surface area contributed by atoms with E-state index >= 15 is 0 Å². The number of hydrogen-bond acceptors (Lipinski definition) is 5. The Morgan fingerprint density at radius 3 is 2.70 bits per heavy atom. The van der Waals surface area contributed by atoms with Crippen molar-refractivity contribution in [1.29, 1.82) is 0 Å². The second-order valence-corrected chi connectivity index (χ2v) is 7.79. The molecular weight excluding hydrogens is 431 g/mol. The third-order valence-corrected chi connectivity index (χ3v) is 6.14. The molecule has 2 aromatic carbocycles. The topological polar surface area (TPSA) is 125 Å². The Balaban J connectivity index is 0.000000821. The zero-order chi connectivity index (χ0) is 23.8. The SMILES string of the molecule is Cn1ccnc1C1N(C(=O)c2ccc(F)c(O)c2)CCC12C(=O)Nc1ccccc12.O=CO. The molecule has 2 unspecified atom stereocenters. The summed E-state index contributed by atoms with van der Waals surface area (Å²) in [6.45, 7) is 0.0657. The molecule has 3 N–H and O–H groups in total. The van der Waals surface area contributed by atoms with Gasteiger partial charge in [-0.1, -0.05) is 18.2 Å². The number of nitrogens with zero attached hydrogens (tertiary/aromatic N) is 3. The van der Waals surface area contributed by atoms with E-state index in [4.69, 9.17) is 9.90 Å². The Hall–Kier alpha value is -4.21. The number of fused-ring (bicyclic) bond motifs is 2. The fourth-order valence-corrected chi connectivity index (χ4v) is 4.72. The summed E-state index contributed by atoms with van der Waals surface area (Å²) in [6, 6.07) is 10.3. The number of nitrogens with one attached hydrogen (secondary N) is 1. The number of phenolic OH excluding ortho intramolecular Hbond substituents is 1. The summed E-state index contributed by atoms with van der Waals surface area (Å²) < 4.78 is 15.3. The molecule has 1 saturated heterocycles. The number of halogens is 1. The molecular formula is C23H21FN4O5. The van der Waals surface area contributed by atoms with Gasteiger partial charge in [0.15, 0.2) is 11.6 Å². The summed E-state index contributed by atoms with van der Waals surface area (Å²) in [5.74, 6) is -1.37. The Labute approximate surface area is 188 Å². The minimum Gasteiger partial charge on any atom is -0.505 e. The third-order valence-electron chi connectivity index (χ3n) is 6.14. The summed E-state index contributed by atoms with van der Waals surface area (Å²) in [7, 11) is 1.82. The van der Waals surface area contributed by atoms with Crippen LogP contribution in [0.4, 0.5) is 10.1 Å². The largest absolute Gasteiger partial charge is 0.505 e. The first-order chi connectivity index (χ1) is 15.8. The van der Waals surface area contributed by atoms with Gasteiger partial charge in [0, 0.05) is 37.2 Å². The van der Waals surface area contributed by atoms with Crippen molar-refractivity contribution >= 4 is 24.0 Å². The quantitative estimate of drug-likeness (QED) is 0.513. The molecule has 10 heteroatoms. The maximum atomic E-state index is 13.5. The Kier molecular flexibility index (Phi) is 5.59. The van der Waals surface area contributed by atoms with Crippen molar-refractivity contribution in [3.8, 4) is 5.75 Å². The van der Waals surface area contributed by atoms with Gasteiger partial charge in [-0.3, -0.25) is 14.4 Å². The Morgan fingerprint density at radius 1 is 1.30 bits per heavy atom. The molecule has 33 heavy (non-hydrogen) atoms. The van der Waals surface area contributed by atoms with E-state index < -0.39 is 28.9 Å². The molecule has 0 aliphatic carbocycles. The second kappa shape index (κ2) is 8.38. The van der Waals surface area contributed by atoms with Gasteiger partial charge in [0.25, 0.3) is 12.4 Å². The number of carbonyl (C=O) groups excluding carboxylic acids is 2. The lowest BCUT2D eigenvalue weighted by atomic mass is 9.74. The summed E-state index contributed by atoms with van der Waals surface area (Å²) in [6.07, 6.45) is 3.82. The van der Waals surface area contributed by atoms with Crippen LogP contribution in [0.25, 0.3) is 0 Å². The number of aromatic hydroxyl groups is 1. The van der Waals surface area contributed by atoms with Crippen LogP contribution in [-0.2, 0) is 22.1 Å². The molecule has 9 nitrogen and oxygen atoms in total. The van der Waals surface area contributed by atoms with Gasteiger partial charge in [0.1, 0.15) is 17.3 Å². The van der Waals surface area contributed by atoms with Gasteiger partial charge in [0.05, 0.1) is 0 Å². The van der Waals surface area contributed by atoms with Crippen molar-refractivity contribution in [3.63, 3.8) is 0 Å². The highest BCUT2D eigenvalue weighted by Crippen LogP contribution is 2.54. The molecule has 0 radical (unpaired) electrons. The van der Waals surface area contributed by atoms with Crippen LogP contribution >= 0.6 is 0 Å². The number of phenols is 1. The van der Waals surface area contributed by atoms with Gasteiger partial charge in [-0.05, 0) is 36.2 Å². The maximum absolute atomic E-state index is 13.5. The number of benzene rings is 2. The maximum Gasteiger partial charge on any atom is 0.290 e. The molecule has 2 aliphatic heterocycles. The summed E-state index contributed by atoms with van der Waals surface area (Å²) in [5, 5.41) is 19.6. The van der Waals surface area contributed by atoms with E-state index in [0.717, 1.165) is 23.4 Å².